The van der Waals surface area contributed by atoms with E-state index in [4.69, 9.17) is 4.74 Å². The van der Waals surface area contributed by atoms with Crippen molar-refractivity contribution in [2.45, 2.75) is 32.7 Å². The minimum absolute atomic E-state index is 0.0972. The average molecular weight is 283 g/mol. The van der Waals surface area contributed by atoms with Crippen molar-refractivity contribution >= 4 is 15.9 Å². The molecule has 0 saturated carbocycles. The number of hydrogen-bond acceptors (Lipinski definition) is 2. The summed E-state index contributed by atoms with van der Waals surface area (Å²) in [4.78, 5) is 0. The second-order valence-corrected chi connectivity index (χ2v) is 4.84. The molecule has 0 fully saturated rings. The van der Waals surface area contributed by atoms with Crippen LogP contribution in [0.2, 0.25) is 0 Å². The molecule has 1 rings (SSSR count). The number of rotatable bonds is 2. The number of nitrogens with zero attached hydrogens (tertiary/aromatic N) is 2. The van der Waals surface area contributed by atoms with E-state index in [-0.39, 0.29) is 11.4 Å². The van der Waals surface area contributed by atoms with E-state index in [1.165, 1.54) is 11.8 Å². The maximum atomic E-state index is 12.9. The Morgan fingerprint density at radius 3 is 2.27 bits per heavy atom. The predicted molar refractivity (Wildman–Crippen MR) is 56.4 cm³/mol. The molecular formula is C9H13BrF2N2O. The monoisotopic (exact) mass is 282 g/mol. The molecule has 0 aliphatic carbocycles. The number of aromatic nitrogens is 2. The molecule has 6 heteroatoms. The van der Waals surface area contributed by atoms with Crippen LogP contribution < -0.4 is 4.74 Å². The largest absolute Gasteiger partial charge is 0.492 e. The SMILES string of the molecule is COc1c(Br)nn(C(C)(C)C)c1C(F)F. The molecule has 0 bridgehead atoms. The normalized spacial score (nSPS) is 12.3. The van der Waals surface area contributed by atoms with Crippen molar-refractivity contribution in [2.24, 2.45) is 0 Å². The third-order valence-corrected chi connectivity index (χ3v) is 2.40. The Morgan fingerprint density at radius 2 is 1.93 bits per heavy atom. The van der Waals surface area contributed by atoms with Crippen LogP contribution >= 0.6 is 15.9 Å². The van der Waals surface area contributed by atoms with Crippen molar-refractivity contribution in [3.05, 3.63) is 10.3 Å². The highest BCUT2D eigenvalue weighted by Crippen LogP contribution is 2.37. The summed E-state index contributed by atoms with van der Waals surface area (Å²) in [6.07, 6.45) is -2.61. The van der Waals surface area contributed by atoms with Crippen LogP contribution in [0.4, 0.5) is 8.78 Å². The minimum Gasteiger partial charge on any atom is -0.492 e. The van der Waals surface area contributed by atoms with Gasteiger partial charge in [-0.25, -0.2) is 8.78 Å². The highest BCUT2D eigenvalue weighted by Gasteiger charge is 2.30. The molecule has 86 valence electrons. The van der Waals surface area contributed by atoms with Gasteiger partial charge < -0.3 is 4.74 Å². The molecule has 0 amide bonds. The topological polar surface area (TPSA) is 27.1 Å². The lowest BCUT2D eigenvalue weighted by molar-refractivity contribution is 0.126. The fourth-order valence-electron chi connectivity index (χ4n) is 1.28. The van der Waals surface area contributed by atoms with Gasteiger partial charge in [0, 0.05) is 0 Å². The fraction of sp³-hybridized carbons (Fsp3) is 0.667. The molecule has 0 aromatic carbocycles. The van der Waals surface area contributed by atoms with Gasteiger partial charge in [0.25, 0.3) is 6.43 Å². The van der Waals surface area contributed by atoms with E-state index in [9.17, 15) is 8.78 Å². The van der Waals surface area contributed by atoms with Crippen molar-refractivity contribution in [2.75, 3.05) is 7.11 Å². The van der Waals surface area contributed by atoms with E-state index < -0.39 is 12.0 Å². The van der Waals surface area contributed by atoms with Crippen molar-refractivity contribution in [3.63, 3.8) is 0 Å². The van der Waals surface area contributed by atoms with E-state index in [0.29, 0.717) is 4.60 Å². The molecule has 0 aliphatic rings. The fourth-order valence-corrected chi connectivity index (χ4v) is 1.80. The molecule has 0 saturated heterocycles. The van der Waals surface area contributed by atoms with Gasteiger partial charge in [-0.1, -0.05) is 0 Å². The van der Waals surface area contributed by atoms with Gasteiger partial charge in [-0.05, 0) is 36.7 Å². The maximum absolute atomic E-state index is 12.9. The number of halogens is 3. The molecule has 3 nitrogen and oxygen atoms in total. The lowest BCUT2D eigenvalue weighted by atomic mass is 10.1. The van der Waals surface area contributed by atoms with Crippen LogP contribution in [0, 0.1) is 0 Å². The van der Waals surface area contributed by atoms with Crippen molar-refractivity contribution in [1.82, 2.24) is 9.78 Å². The Hall–Kier alpha value is -0.650. The maximum Gasteiger partial charge on any atom is 0.283 e. The number of alkyl halides is 2. The van der Waals surface area contributed by atoms with Gasteiger partial charge in [-0.15, -0.1) is 0 Å². The molecule has 15 heavy (non-hydrogen) atoms. The van der Waals surface area contributed by atoms with Crippen LogP contribution in [0.15, 0.2) is 4.60 Å². The Labute approximate surface area is 95.5 Å². The Bertz CT molecular complexity index is 358. The van der Waals surface area contributed by atoms with Crippen LogP contribution in [0.3, 0.4) is 0 Å². The van der Waals surface area contributed by atoms with E-state index in [2.05, 4.69) is 21.0 Å². The Morgan fingerprint density at radius 1 is 1.40 bits per heavy atom. The highest BCUT2D eigenvalue weighted by molar-refractivity contribution is 9.10. The van der Waals surface area contributed by atoms with Crippen molar-refractivity contribution in [3.8, 4) is 5.75 Å². The van der Waals surface area contributed by atoms with Gasteiger partial charge >= 0.3 is 0 Å². The number of ether oxygens (including phenoxy) is 1. The van der Waals surface area contributed by atoms with Crippen LogP contribution in [-0.4, -0.2) is 16.9 Å². The van der Waals surface area contributed by atoms with Gasteiger partial charge in [0.1, 0.15) is 5.69 Å². The number of hydrogen-bond donors (Lipinski definition) is 0. The highest BCUT2D eigenvalue weighted by atomic mass is 79.9. The Kier molecular flexibility index (Phi) is 3.38. The van der Waals surface area contributed by atoms with Gasteiger partial charge in [-0.2, -0.15) is 5.10 Å². The zero-order valence-electron chi connectivity index (χ0n) is 9.01. The summed E-state index contributed by atoms with van der Waals surface area (Å²) in [5.41, 5.74) is -0.706. The number of methoxy groups -OCH3 is 1. The molecular weight excluding hydrogens is 270 g/mol. The standard InChI is InChI=1S/C9H13BrF2N2O/c1-9(2,3)14-5(8(11)12)6(15-4)7(10)13-14/h8H,1-4H3. The predicted octanol–water partition coefficient (Wildman–Crippen LogP) is 3.35. The third kappa shape index (κ3) is 2.30. The smallest absolute Gasteiger partial charge is 0.283 e. The minimum atomic E-state index is -2.61. The average Bonchev–Trinajstić information content (AvgIpc) is 2.41. The summed E-state index contributed by atoms with van der Waals surface area (Å²) in [5.74, 6) is 0.0972. The third-order valence-electron chi connectivity index (χ3n) is 1.88. The molecule has 0 unspecified atom stereocenters. The summed E-state index contributed by atoms with van der Waals surface area (Å²) < 4.78 is 32.2. The molecule has 0 spiro atoms. The van der Waals surface area contributed by atoms with Gasteiger partial charge in [0.15, 0.2) is 10.4 Å². The van der Waals surface area contributed by atoms with Crippen LogP contribution in [0.25, 0.3) is 0 Å². The van der Waals surface area contributed by atoms with E-state index >= 15 is 0 Å². The van der Waals surface area contributed by atoms with E-state index in [1.54, 1.807) is 20.8 Å². The summed E-state index contributed by atoms with van der Waals surface area (Å²) in [6, 6.07) is 0. The molecule has 1 aromatic heterocycles. The van der Waals surface area contributed by atoms with E-state index in [1.807, 2.05) is 0 Å². The van der Waals surface area contributed by atoms with Crippen LogP contribution in [-0.2, 0) is 5.54 Å². The first-order valence-corrected chi connectivity index (χ1v) is 5.19. The summed E-state index contributed by atoms with van der Waals surface area (Å²) >= 11 is 3.10. The van der Waals surface area contributed by atoms with Gasteiger partial charge in [0.05, 0.1) is 12.6 Å². The molecule has 0 N–H and O–H groups in total. The lowest BCUT2D eigenvalue weighted by Gasteiger charge is -2.22. The first-order valence-electron chi connectivity index (χ1n) is 4.40. The van der Waals surface area contributed by atoms with Gasteiger partial charge in [-0.3, -0.25) is 4.68 Å². The molecule has 0 radical (unpaired) electrons. The van der Waals surface area contributed by atoms with Gasteiger partial charge in [0.2, 0.25) is 0 Å². The molecule has 1 aromatic rings. The first kappa shape index (κ1) is 12.4. The summed E-state index contributed by atoms with van der Waals surface area (Å²) in [7, 11) is 1.35. The summed E-state index contributed by atoms with van der Waals surface area (Å²) in [5, 5.41) is 4.00. The van der Waals surface area contributed by atoms with Crippen molar-refractivity contribution < 1.29 is 13.5 Å². The van der Waals surface area contributed by atoms with Crippen LogP contribution in [0.5, 0.6) is 5.75 Å². The molecule has 0 aliphatic heterocycles. The zero-order valence-corrected chi connectivity index (χ0v) is 10.6. The quantitative estimate of drug-likeness (QED) is 0.832. The van der Waals surface area contributed by atoms with E-state index in [0.717, 1.165) is 0 Å². The lowest BCUT2D eigenvalue weighted by Crippen LogP contribution is -2.25. The Balaban J connectivity index is 3.40. The second kappa shape index (κ2) is 4.08. The first-order chi connectivity index (χ1) is 6.79. The molecule has 0 atom stereocenters. The second-order valence-electron chi connectivity index (χ2n) is 4.09. The van der Waals surface area contributed by atoms with Crippen LogP contribution in [0.1, 0.15) is 32.9 Å². The van der Waals surface area contributed by atoms with Crippen molar-refractivity contribution in [1.29, 1.82) is 0 Å². The molecule has 1 heterocycles. The zero-order chi connectivity index (χ0) is 11.8. The summed E-state index contributed by atoms with van der Waals surface area (Å²) in [6.45, 7) is 5.41.